The molecule has 2 unspecified atom stereocenters. The number of carbonyl (C=O) groups is 2. The number of halogens is 1. The van der Waals surface area contributed by atoms with Crippen molar-refractivity contribution in [3.63, 3.8) is 0 Å². The summed E-state index contributed by atoms with van der Waals surface area (Å²) in [6.45, 7) is 3.62. The van der Waals surface area contributed by atoms with Gasteiger partial charge in [-0.2, -0.15) is 0 Å². The largest absolute Gasteiger partial charge is 0.492 e. The maximum absolute atomic E-state index is 13.3. The summed E-state index contributed by atoms with van der Waals surface area (Å²) in [5.41, 5.74) is 0.259. The molecule has 31 heavy (non-hydrogen) atoms. The Kier molecular flexibility index (Phi) is 7.54. The molecule has 1 aliphatic rings. The molecule has 0 bridgehead atoms. The maximum Gasteiger partial charge on any atom is 0.335 e. The number of amides is 1. The first-order valence-corrected chi connectivity index (χ1v) is 10.5. The lowest BCUT2D eigenvalue weighted by molar-refractivity contribution is -0.134. The summed E-state index contributed by atoms with van der Waals surface area (Å²) in [7, 11) is 1.89. The van der Waals surface area contributed by atoms with Gasteiger partial charge in [-0.05, 0) is 49.9 Å². The van der Waals surface area contributed by atoms with Crippen molar-refractivity contribution in [2.45, 2.75) is 24.9 Å². The molecule has 1 saturated heterocycles. The summed E-state index contributed by atoms with van der Waals surface area (Å²) < 4.78 is 11.4. The topological polar surface area (TPSA) is 88.1 Å². The van der Waals surface area contributed by atoms with Crippen molar-refractivity contribution in [3.8, 4) is 5.75 Å². The van der Waals surface area contributed by atoms with Crippen LogP contribution in [0.25, 0.3) is 0 Å². The lowest BCUT2D eigenvalue weighted by Crippen LogP contribution is -2.59. The predicted octanol–water partition coefficient (Wildman–Crippen LogP) is 3.39. The van der Waals surface area contributed by atoms with Crippen molar-refractivity contribution in [1.82, 2.24) is 10.2 Å². The van der Waals surface area contributed by atoms with E-state index < -0.39 is 11.5 Å². The minimum atomic E-state index is -0.980. The Morgan fingerprint density at radius 1 is 1.29 bits per heavy atom. The zero-order chi connectivity index (χ0) is 22.4. The van der Waals surface area contributed by atoms with Crippen LogP contribution < -0.4 is 10.1 Å². The average Bonchev–Trinajstić information content (AvgIpc) is 3.25. The number of hydrogen-bond donors (Lipinski definition) is 2. The molecule has 1 heterocycles. The van der Waals surface area contributed by atoms with Crippen LogP contribution >= 0.6 is 11.6 Å². The van der Waals surface area contributed by atoms with Gasteiger partial charge in [-0.25, -0.2) is 4.79 Å². The molecule has 0 radical (unpaired) electrons. The first-order valence-electron chi connectivity index (χ1n) is 10.1. The van der Waals surface area contributed by atoms with Gasteiger partial charge in [-0.15, -0.1) is 0 Å². The van der Waals surface area contributed by atoms with Gasteiger partial charge in [-0.3, -0.25) is 9.69 Å². The molecular weight excluding hydrogens is 420 g/mol. The van der Waals surface area contributed by atoms with Gasteiger partial charge in [-0.1, -0.05) is 29.8 Å². The van der Waals surface area contributed by atoms with E-state index in [1.807, 2.05) is 31.0 Å². The molecule has 1 amide bonds. The summed E-state index contributed by atoms with van der Waals surface area (Å²) in [6.07, 6.45) is 0.581. The fourth-order valence-corrected chi connectivity index (χ4v) is 3.79. The Labute approximate surface area is 186 Å². The van der Waals surface area contributed by atoms with Crippen LogP contribution in [0.4, 0.5) is 0 Å². The number of aromatic carboxylic acids is 1. The van der Waals surface area contributed by atoms with Gasteiger partial charge in [0.25, 0.3) is 0 Å². The van der Waals surface area contributed by atoms with Crippen molar-refractivity contribution in [2.75, 3.05) is 33.4 Å². The zero-order valence-corrected chi connectivity index (χ0v) is 18.4. The van der Waals surface area contributed by atoms with E-state index in [4.69, 9.17) is 26.2 Å². The quantitative estimate of drug-likeness (QED) is 0.614. The molecule has 7 nitrogen and oxygen atoms in total. The molecule has 1 fully saturated rings. The average molecular weight is 447 g/mol. The smallest absolute Gasteiger partial charge is 0.335 e. The van der Waals surface area contributed by atoms with Crippen LogP contribution in [0.5, 0.6) is 5.75 Å². The Hall–Kier alpha value is -2.61. The third-order valence-corrected chi connectivity index (χ3v) is 5.89. The van der Waals surface area contributed by atoms with Gasteiger partial charge in [0, 0.05) is 24.6 Å². The fraction of sp³-hybridized carbons (Fsp3) is 0.391. The second kappa shape index (κ2) is 10.1. The molecule has 0 saturated carbocycles. The van der Waals surface area contributed by atoms with Crippen LogP contribution in [-0.2, 0) is 9.53 Å². The maximum atomic E-state index is 13.3. The Balaban J connectivity index is 1.62. The number of carbonyl (C=O) groups excluding carboxylic acids is 1. The molecule has 3 rings (SSSR count). The Bertz CT molecular complexity index is 912. The molecule has 2 aromatic carbocycles. The number of carboxylic acid groups (broad SMARTS) is 1. The fourth-order valence-electron chi connectivity index (χ4n) is 3.61. The second-order valence-corrected chi connectivity index (χ2v) is 8.12. The zero-order valence-electron chi connectivity index (χ0n) is 17.6. The molecule has 2 aromatic rings. The van der Waals surface area contributed by atoms with Crippen LogP contribution in [0.3, 0.4) is 0 Å². The van der Waals surface area contributed by atoms with Crippen molar-refractivity contribution < 1.29 is 24.2 Å². The highest BCUT2D eigenvalue weighted by Gasteiger charge is 2.46. The van der Waals surface area contributed by atoms with Crippen LogP contribution in [0, 0.1) is 0 Å². The van der Waals surface area contributed by atoms with Crippen LogP contribution in [0.2, 0.25) is 5.02 Å². The van der Waals surface area contributed by atoms with Gasteiger partial charge < -0.3 is 19.9 Å². The summed E-state index contributed by atoms with van der Waals surface area (Å²) >= 11 is 5.99. The lowest BCUT2D eigenvalue weighted by atomic mass is 9.94. The minimum Gasteiger partial charge on any atom is -0.492 e. The third kappa shape index (κ3) is 5.55. The Morgan fingerprint density at radius 2 is 2.03 bits per heavy atom. The van der Waals surface area contributed by atoms with Gasteiger partial charge >= 0.3 is 5.97 Å². The van der Waals surface area contributed by atoms with Crippen LogP contribution in [-0.4, -0.2) is 60.8 Å². The number of hydrogen-bond acceptors (Lipinski definition) is 5. The van der Waals surface area contributed by atoms with Crippen molar-refractivity contribution >= 4 is 23.5 Å². The number of ether oxygens (including phenoxy) is 2. The number of rotatable bonds is 9. The minimum absolute atomic E-state index is 0.120. The lowest BCUT2D eigenvalue weighted by Gasteiger charge is -2.36. The number of benzene rings is 2. The van der Waals surface area contributed by atoms with Gasteiger partial charge in [0.05, 0.1) is 18.2 Å². The molecule has 0 aliphatic carbocycles. The van der Waals surface area contributed by atoms with Crippen molar-refractivity contribution in [1.29, 1.82) is 0 Å². The highest BCUT2D eigenvalue weighted by atomic mass is 35.5. The summed E-state index contributed by atoms with van der Waals surface area (Å²) in [5, 5.41) is 12.7. The summed E-state index contributed by atoms with van der Waals surface area (Å²) in [4.78, 5) is 26.3. The monoisotopic (exact) mass is 446 g/mol. The normalized spacial score (nSPS) is 19.2. The van der Waals surface area contributed by atoms with E-state index in [2.05, 4.69) is 5.32 Å². The number of nitrogens with zero attached hydrogens (tertiary/aromatic N) is 1. The molecule has 1 aliphatic heterocycles. The standard InChI is InChI=1S/C23H27ClN2O5/c1-16(17-6-8-18(9-7-17)21(27)28)25-22(29)23(10-12-30-15-23)26(2)11-13-31-20-5-3-4-19(24)14-20/h3-9,14,16H,10-13,15H2,1-2H3,(H,25,29)(H,27,28). The highest BCUT2D eigenvalue weighted by molar-refractivity contribution is 6.30. The van der Waals surface area contributed by atoms with Crippen molar-refractivity contribution in [2.24, 2.45) is 0 Å². The van der Waals surface area contributed by atoms with E-state index in [0.717, 1.165) is 5.56 Å². The molecular formula is C23H27ClN2O5. The van der Waals surface area contributed by atoms with E-state index in [1.165, 1.54) is 12.1 Å². The van der Waals surface area contributed by atoms with Gasteiger partial charge in [0.2, 0.25) is 5.91 Å². The molecule has 166 valence electrons. The molecule has 0 spiro atoms. The second-order valence-electron chi connectivity index (χ2n) is 7.68. The molecule has 0 aromatic heterocycles. The summed E-state index contributed by atoms with van der Waals surface area (Å²) in [6, 6.07) is 13.4. The number of likely N-dealkylation sites (N-methyl/N-ethyl adjacent to an activating group) is 1. The van der Waals surface area contributed by atoms with E-state index in [0.29, 0.717) is 43.6 Å². The van der Waals surface area contributed by atoms with Crippen LogP contribution in [0.1, 0.15) is 35.3 Å². The molecule has 8 heteroatoms. The van der Waals surface area contributed by atoms with Crippen LogP contribution in [0.15, 0.2) is 48.5 Å². The predicted molar refractivity (Wildman–Crippen MR) is 118 cm³/mol. The first kappa shape index (κ1) is 23.1. The SMILES string of the molecule is CC(NC(=O)C1(N(C)CCOc2cccc(Cl)c2)CCOC1)c1ccc(C(=O)O)cc1. The Morgan fingerprint density at radius 3 is 2.65 bits per heavy atom. The van der Waals surface area contributed by atoms with Crippen molar-refractivity contribution in [3.05, 3.63) is 64.7 Å². The van der Waals surface area contributed by atoms with E-state index >= 15 is 0 Å². The molecule has 2 N–H and O–H groups in total. The van der Waals surface area contributed by atoms with E-state index in [9.17, 15) is 9.59 Å². The third-order valence-electron chi connectivity index (χ3n) is 5.65. The van der Waals surface area contributed by atoms with Gasteiger partial charge in [0.15, 0.2) is 0 Å². The van der Waals surface area contributed by atoms with E-state index in [-0.39, 0.29) is 17.5 Å². The first-order chi connectivity index (χ1) is 14.8. The number of nitrogens with one attached hydrogen (secondary N) is 1. The number of carboxylic acids is 1. The summed E-state index contributed by atoms with van der Waals surface area (Å²) in [5.74, 6) is -0.419. The highest BCUT2D eigenvalue weighted by Crippen LogP contribution is 2.27. The van der Waals surface area contributed by atoms with Gasteiger partial charge in [0.1, 0.15) is 17.9 Å². The molecule has 2 atom stereocenters. The van der Waals surface area contributed by atoms with E-state index in [1.54, 1.807) is 24.3 Å².